The van der Waals surface area contributed by atoms with Crippen LogP contribution >= 0.6 is 24.0 Å². The van der Waals surface area contributed by atoms with Gasteiger partial charge in [-0.25, -0.2) is 4.99 Å². The van der Waals surface area contributed by atoms with Crippen LogP contribution in [0, 0.1) is 0 Å². The Kier molecular flexibility index (Phi) is 12.4. The first kappa shape index (κ1) is 21.7. The molecule has 23 heavy (non-hydrogen) atoms. The second kappa shape index (κ2) is 13.2. The molecule has 0 atom stereocenters. The molecule has 1 amide bonds. The topological polar surface area (TPSA) is 65.5 Å². The third kappa shape index (κ3) is 8.78. The summed E-state index contributed by atoms with van der Waals surface area (Å²) >= 11 is 0. The van der Waals surface area contributed by atoms with Gasteiger partial charge >= 0.3 is 0 Å². The number of nitrogens with one attached hydrogen (secondary N) is 3. The van der Waals surface area contributed by atoms with Gasteiger partial charge < -0.3 is 16.0 Å². The summed E-state index contributed by atoms with van der Waals surface area (Å²) in [5, 5.41) is 9.35. The zero-order valence-electron chi connectivity index (χ0n) is 14.3. The van der Waals surface area contributed by atoms with Crippen LogP contribution in [0.4, 0.5) is 0 Å². The van der Waals surface area contributed by atoms with Crippen LogP contribution in [0.1, 0.15) is 49.5 Å². The molecule has 1 aromatic rings. The van der Waals surface area contributed by atoms with Crippen LogP contribution in [0.5, 0.6) is 0 Å². The summed E-state index contributed by atoms with van der Waals surface area (Å²) in [4.78, 5) is 16.4. The zero-order chi connectivity index (χ0) is 16.2. The molecule has 0 saturated carbocycles. The Bertz CT molecular complexity index is 491. The van der Waals surface area contributed by atoms with Crippen molar-refractivity contribution in [1.82, 2.24) is 16.0 Å². The number of hydrogen-bond donors (Lipinski definition) is 3. The minimum atomic E-state index is -0.0405. The van der Waals surface area contributed by atoms with Gasteiger partial charge in [0.05, 0.1) is 6.54 Å². The molecule has 1 rings (SSSR count). The van der Waals surface area contributed by atoms with Crippen molar-refractivity contribution in [2.75, 3.05) is 19.6 Å². The number of amides is 1. The predicted octanol–water partition coefficient (Wildman–Crippen LogP) is 2.91. The molecule has 0 aliphatic heterocycles. The van der Waals surface area contributed by atoms with Gasteiger partial charge in [0.25, 0.3) is 5.91 Å². The monoisotopic (exact) mass is 432 g/mol. The molecule has 0 bridgehead atoms. The number of rotatable bonds is 8. The van der Waals surface area contributed by atoms with Gasteiger partial charge in [0.2, 0.25) is 0 Å². The number of aliphatic imine (C=N–C) groups is 1. The minimum absolute atomic E-state index is 0. The second-order valence-electron chi connectivity index (χ2n) is 5.04. The maximum Gasteiger partial charge on any atom is 0.251 e. The zero-order valence-corrected chi connectivity index (χ0v) is 16.6. The van der Waals surface area contributed by atoms with Gasteiger partial charge in [0.15, 0.2) is 5.96 Å². The van der Waals surface area contributed by atoms with Crippen molar-refractivity contribution >= 4 is 35.8 Å². The normalized spacial score (nSPS) is 10.7. The molecule has 0 aliphatic rings. The highest BCUT2D eigenvalue weighted by atomic mass is 127. The highest BCUT2D eigenvalue weighted by molar-refractivity contribution is 14.0. The van der Waals surface area contributed by atoms with Crippen LogP contribution in [0.25, 0.3) is 0 Å². The van der Waals surface area contributed by atoms with Crippen molar-refractivity contribution in [3.63, 3.8) is 0 Å². The highest BCUT2D eigenvalue weighted by Gasteiger charge is 2.04. The smallest absolute Gasteiger partial charge is 0.251 e. The molecule has 0 saturated heterocycles. The van der Waals surface area contributed by atoms with Gasteiger partial charge in [-0.3, -0.25) is 4.79 Å². The summed E-state index contributed by atoms with van der Waals surface area (Å²) in [5.74, 6) is 0.778. The Labute approximate surface area is 156 Å². The molecule has 0 aliphatic carbocycles. The lowest BCUT2D eigenvalue weighted by Gasteiger charge is -2.11. The van der Waals surface area contributed by atoms with Gasteiger partial charge in [-0.05, 0) is 38.0 Å². The number of guanidine groups is 1. The molecular formula is C17H29IN4O. The van der Waals surface area contributed by atoms with Gasteiger partial charge in [-0.15, -0.1) is 24.0 Å². The number of carbonyl (C=O) groups excluding carboxylic acids is 1. The van der Waals surface area contributed by atoms with E-state index >= 15 is 0 Å². The Morgan fingerprint density at radius 1 is 1.09 bits per heavy atom. The van der Waals surface area contributed by atoms with Crippen molar-refractivity contribution in [3.05, 3.63) is 35.4 Å². The lowest BCUT2D eigenvalue weighted by molar-refractivity contribution is 0.0955. The summed E-state index contributed by atoms with van der Waals surface area (Å²) in [6.07, 6.45) is 2.28. The second-order valence-corrected chi connectivity index (χ2v) is 5.04. The lowest BCUT2D eigenvalue weighted by Crippen LogP contribution is -2.37. The van der Waals surface area contributed by atoms with Crippen molar-refractivity contribution in [1.29, 1.82) is 0 Å². The molecule has 6 heteroatoms. The fourth-order valence-corrected chi connectivity index (χ4v) is 1.97. The van der Waals surface area contributed by atoms with Crippen molar-refractivity contribution in [3.8, 4) is 0 Å². The van der Waals surface area contributed by atoms with Crippen LogP contribution in [-0.4, -0.2) is 31.5 Å². The summed E-state index contributed by atoms with van der Waals surface area (Å²) < 4.78 is 0. The molecule has 3 N–H and O–H groups in total. The first-order valence-corrected chi connectivity index (χ1v) is 8.10. The van der Waals surface area contributed by atoms with Crippen molar-refractivity contribution in [2.24, 2.45) is 4.99 Å². The molecule has 0 unspecified atom stereocenters. The minimum Gasteiger partial charge on any atom is -0.357 e. The lowest BCUT2D eigenvalue weighted by atomic mass is 10.1. The molecule has 130 valence electrons. The Morgan fingerprint density at radius 2 is 1.83 bits per heavy atom. The SMILES string of the molecule is CCCCNC(=NCc1cccc(C(=O)NCC)c1)NCC.I. The molecule has 0 radical (unpaired) electrons. The highest BCUT2D eigenvalue weighted by Crippen LogP contribution is 2.06. The van der Waals surface area contributed by atoms with Crippen molar-refractivity contribution in [2.45, 2.75) is 40.2 Å². The fraction of sp³-hybridized carbons (Fsp3) is 0.529. The van der Waals surface area contributed by atoms with Gasteiger partial charge in [-0.2, -0.15) is 0 Å². The molecule has 0 aromatic heterocycles. The molecule has 0 spiro atoms. The third-order valence-corrected chi connectivity index (χ3v) is 3.11. The molecule has 1 aromatic carbocycles. The Morgan fingerprint density at radius 3 is 2.48 bits per heavy atom. The van der Waals surface area contributed by atoms with E-state index < -0.39 is 0 Å². The van der Waals surface area contributed by atoms with Crippen LogP contribution in [0.15, 0.2) is 29.3 Å². The number of nitrogens with zero attached hydrogens (tertiary/aromatic N) is 1. The molecule has 5 nitrogen and oxygen atoms in total. The summed E-state index contributed by atoms with van der Waals surface area (Å²) in [6.45, 7) is 9.06. The van der Waals surface area contributed by atoms with E-state index in [9.17, 15) is 4.79 Å². The fourth-order valence-electron chi connectivity index (χ4n) is 1.97. The third-order valence-electron chi connectivity index (χ3n) is 3.11. The van der Waals surface area contributed by atoms with E-state index in [2.05, 4.69) is 27.9 Å². The molecule has 0 fully saturated rings. The van der Waals surface area contributed by atoms with Gasteiger partial charge in [-0.1, -0.05) is 25.5 Å². The number of benzene rings is 1. The van der Waals surface area contributed by atoms with E-state index in [-0.39, 0.29) is 29.9 Å². The maximum absolute atomic E-state index is 11.8. The number of halogens is 1. The van der Waals surface area contributed by atoms with Gasteiger partial charge in [0, 0.05) is 25.2 Å². The largest absolute Gasteiger partial charge is 0.357 e. The van der Waals surface area contributed by atoms with E-state index in [0.717, 1.165) is 37.5 Å². The van der Waals surface area contributed by atoms with Crippen LogP contribution in [0.2, 0.25) is 0 Å². The first-order valence-electron chi connectivity index (χ1n) is 8.10. The van der Waals surface area contributed by atoms with E-state index in [1.165, 1.54) is 0 Å². The Balaban J connectivity index is 0.00000484. The van der Waals surface area contributed by atoms with E-state index in [4.69, 9.17) is 0 Å². The number of unbranched alkanes of at least 4 members (excludes halogenated alkanes) is 1. The molecule has 0 heterocycles. The number of hydrogen-bond acceptors (Lipinski definition) is 2. The number of carbonyl (C=O) groups is 1. The average molecular weight is 432 g/mol. The quantitative estimate of drug-likeness (QED) is 0.256. The van der Waals surface area contributed by atoms with Crippen LogP contribution in [0.3, 0.4) is 0 Å². The molecular weight excluding hydrogens is 403 g/mol. The van der Waals surface area contributed by atoms with E-state index in [1.54, 1.807) is 0 Å². The van der Waals surface area contributed by atoms with Crippen LogP contribution in [-0.2, 0) is 6.54 Å². The predicted molar refractivity (Wildman–Crippen MR) is 108 cm³/mol. The summed E-state index contributed by atoms with van der Waals surface area (Å²) in [7, 11) is 0. The first-order chi connectivity index (χ1) is 10.7. The van der Waals surface area contributed by atoms with Gasteiger partial charge in [0.1, 0.15) is 0 Å². The maximum atomic E-state index is 11.8. The van der Waals surface area contributed by atoms with Crippen molar-refractivity contribution < 1.29 is 4.79 Å². The van der Waals surface area contributed by atoms with E-state index in [0.29, 0.717) is 18.7 Å². The van der Waals surface area contributed by atoms with E-state index in [1.807, 2.05) is 38.1 Å². The average Bonchev–Trinajstić information content (AvgIpc) is 2.53. The standard InChI is InChI=1S/C17H28N4O.HI/c1-4-7-11-20-17(19-6-3)21-13-14-9-8-10-15(12-14)16(22)18-5-2;/h8-10,12H,4-7,11,13H2,1-3H3,(H,18,22)(H2,19,20,21);1H. The Hall–Kier alpha value is -1.31. The van der Waals surface area contributed by atoms with Crippen LogP contribution < -0.4 is 16.0 Å². The summed E-state index contributed by atoms with van der Waals surface area (Å²) in [6, 6.07) is 7.60. The summed E-state index contributed by atoms with van der Waals surface area (Å²) in [5.41, 5.74) is 1.70.